The van der Waals surface area contributed by atoms with Crippen molar-refractivity contribution in [3.05, 3.63) is 59.7 Å². The topological polar surface area (TPSA) is 33.6 Å². The van der Waals surface area contributed by atoms with E-state index < -0.39 is 0 Å². The van der Waals surface area contributed by atoms with Crippen molar-refractivity contribution in [2.75, 3.05) is 12.5 Å². The second kappa shape index (κ2) is 6.75. The fourth-order valence-electron chi connectivity index (χ4n) is 1.89. The molecule has 2 aromatic carbocycles. The van der Waals surface area contributed by atoms with Crippen molar-refractivity contribution < 1.29 is 4.74 Å². The Hall–Kier alpha value is -2.29. The van der Waals surface area contributed by atoms with Crippen LogP contribution in [0.2, 0.25) is 0 Å². The van der Waals surface area contributed by atoms with Crippen LogP contribution in [0.1, 0.15) is 24.5 Å². The summed E-state index contributed by atoms with van der Waals surface area (Å²) >= 11 is 0. The molecular formula is C17H20N2O. The van der Waals surface area contributed by atoms with E-state index in [1.807, 2.05) is 24.3 Å². The van der Waals surface area contributed by atoms with Gasteiger partial charge in [0.25, 0.3) is 0 Å². The van der Waals surface area contributed by atoms with Crippen molar-refractivity contribution in [1.29, 1.82) is 0 Å². The van der Waals surface area contributed by atoms with Crippen molar-refractivity contribution in [2.45, 2.75) is 20.3 Å². The number of ether oxygens (including phenoxy) is 1. The highest BCUT2D eigenvalue weighted by Gasteiger charge is 2.01. The minimum absolute atomic E-state index is 0.841. The Balaban J connectivity index is 2.12. The standard InChI is InChI=1S/C17H20N2O/c1-4-17(14-7-5-13(2)6-8-14)19-18-15-9-11-16(20-3)12-10-15/h5-12,18H,4H2,1-3H3/b19-17+. The zero-order valence-electron chi connectivity index (χ0n) is 12.2. The third-order valence-electron chi connectivity index (χ3n) is 3.13. The van der Waals surface area contributed by atoms with E-state index in [1.165, 1.54) is 5.56 Å². The Morgan fingerprint density at radius 1 is 1.05 bits per heavy atom. The number of methoxy groups -OCH3 is 1. The molecule has 0 saturated carbocycles. The van der Waals surface area contributed by atoms with Crippen LogP contribution in [-0.2, 0) is 0 Å². The van der Waals surface area contributed by atoms with Crippen LogP contribution in [0.25, 0.3) is 0 Å². The molecule has 2 rings (SSSR count). The lowest BCUT2D eigenvalue weighted by molar-refractivity contribution is 0.415. The average molecular weight is 268 g/mol. The van der Waals surface area contributed by atoms with Gasteiger partial charge in [-0.1, -0.05) is 36.8 Å². The van der Waals surface area contributed by atoms with Crippen LogP contribution < -0.4 is 10.2 Å². The first-order valence-electron chi connectivity index (χ1n) is 6.76. The zero-order chi connectivity index (χ0) is 14.4. The molecule has 3 heteroatoms. The SMILES string of the molecule is CC/C(=N\Nc1ccc(OC)cc1)c1ccc(C)cc1. The highest BCUT2D eigenvalue weighted by molar-refractivity contribution is 6.00. The van der Waals surface area contributed by atoms with Crippen LogP contribution in [0.4, 0.5) is 5.69 Å². The minimum atomic E-state index is 0.841. The predicted molar refractivity (Wildman–Crippen MR) is 84.6 cm³/mol. The maximum atomic E-state index is 5.13. The van der Waals surface area contributed by atoms with Crippen molar-refractivity contribution in [3.63, 3.8) is 0 Å². The number of aryl methyl sites for hydroxylation is 1. The largest absolute Gasteiger partial charge is 0.497 e. The molecule has 2 aromatic rings. The monoisotopic (exact) mass is 268 g/mol. The van der Waals surface area contributed by atoms with E-state index in [0.29, 0.717) is 0 Å². The van der Waals surface area contributed by atoms with E-state index in [-0.39, 0.29) is 0 Å². The van der Waals surface area contributed by atoms with Crippen LogP contribution in [0.15, 0.2) is 53.6 Å². The van der Waals surface area contributed by atoms with Gasteiger partial charge in [-0.15, -0.1) is 0 Å². The van der Waals surface area contributed by atoms with Crippen LogP contribution in [0.5, 0.6) is 5.75 Å². The van der Waals surface area contributed by atoms with Crippen molar-refractivity contribution in [1.82, 2.24) is 0 Å². The number of nitrogens with one attached hydrogen (secondary N) is 1. The summed E-state index contributed by atoms with van der Waals surface area (Å²) in [6.07, 6.45) is 0.881. The first-order valence-corrected chi connectivity index (χ1v) is 6.76. The van der Waals surface area contributed by atoms with Crippen LogP contribution in [-0.4, -0.2) is 12.8 Å². The molecule has 0 bridgehead atoms. The molecule has 0 aromatic heterocycles. The molecule has 0 aliphatic rings. The Bertz CT molecular complexity index is 571. The van der Waals surface area contributed by atoms with E-state index in [1.54, 1.807) is 7.11 Å². The first-order chi connectivity index (χ1) is 9.72. The second-order valence-corrected chi connectivity index (χ2v) is 4.62. The molecule has 0 atom stereocenters. The number of nitrogens with zero attached hydrogens (tertiary/aromatic N) is 1. The third-order valence-corrected chi connectivity index (χ3v) is 3.13. The molecule has 3 nitrogen and oxygen atoms in total. The number of hydrazone groups is 1. The predicted octanol–water partition coefficient (Wildman–Crippen LogP) is 4.23. The normalized spacial score (nSPS) is 11.2. The Morgan fingerprint density at radius 3 is 2.25 bits per heavy atom. The van der Waals surface area contributed by atoms with Gasteiger partial charge in [-0.25, -0.2) is 0 Å². The van der Waals surface area contributed by atoms with Crippen LogP contribution >= 0.6 is 0 Å². The average Bonchev–Trinajstić information content (AvgIpc) is 2.50. The second-order valence-electron chi connectivity index (χ2n) is 4.62. The van der Waals surface area contributed by atoms with Crippen LogP contribution in [0.3, 0.4) is 0 Å². The van der Waals surface area contributed by atoms with Gasteiger partial charge in [-0.3, -0.25) is 5.43 Å². The number of hydrogen-bond donors (Lipinski definition) is 1. The maximum Gasteiger partial charge on any atom is 0.119 e. The summed E-state index contributed by atoms with van der Waals surface area (Å²) in [4.78, 5) is 0. The summed E-state index contributed by atoms with van der Waals surface area (Å²) in [5, 5.41) is 4.49. The van der Waals surface area contributed by atoms with E-state index in [4.69, 9.17) is 4.74 Å². The lowest BCUT2D eigenvalue weighted by Crippen LogP contribution is -2.03. The number of benzene rings is 2. The fraction of sp³-hybridized carbons (Fsp3) is 0.235. The van der Waals surface area contributed by atoms with Crippen molar-refractivity contribution in [2.24, 2.45) is 5.10 Å². The molecule has 20 heavy (non-hydrogen) atoms. The quantitative estimate of drug-likeness (QED) is 0.650. The minimum Gasteiger partial charge on any atom is -0.497 e. The van der Waals surface area contributed by atoms with E-state index in [9.17, 15) is 0 Å². The molecule has 0 aliphatic heterocycles. The summed E-state index contributed by atoms with van der Waals surface area (Å²) in [5.74, 6) is 0.841. The van der Waals surface area contributed by atoms with E-state index in [2.05, 4.69) is 48.6 Å². The maximum absolute atomic E-state index is 5.13. The van der Waals surface area contributed by atoms with Gasteiger partial charge in [0.15, 0.2) is 0 Å². The first kappa shape index (κ1) is 14.1. The van der Waals surface area contributed by atoms with Gasteiger partial charge in [-0.05, 0) is 43.2 Å². The van der Waals surface area contributed by atoms with Gasteiger partial charge < -0.3 is 4.74 Å². The van der Waals surface area contributed by atoms with Gasteiger partial charge in [0, 0.05) is 0 Å². The number of anilines is 1. The summed E-state index contributed by atoms with van der Waals surface area (Å²) < 4.78 is 5.13. The zero-order valence-corrected chi connectivity index (χ0v) is 12.2. The Kier molecular flexibility index (Phi) is 4.77. The Labute approximate surface area is 120 Å². The third kappa shape index (κ3) is 3.60. The van der Waals surface area contributed by atoms with Gasteiger partial charge >= 0.3 is 0 Å². The summed E-state index contributed by atoms with van der Waals surface area (Å²) in [5.41, 5.74) is 7.49. The molecule has 0 spiro atoms. The molecule has 104 valence electrons. The van der Waals surface area contributed by atoms with Gasteiger partial charge in [0.1, 0.15) is 5.75 Å². The molecule has 0 radical (unpaired) electrons. The van der Waals surface area contributed by atoms with Crippen molar-refractivity contribution in [3.8, 4) is 5.75 Å². The lowest BCUT2D eigenvalue weighted by Gasteiger charge is -2.07. The molecule has 0 saturated heterocycles. The molecule has 0 heterocycles. The molecule has 0 unspecified atom stereocenters. The van der Waals surface area contributed by atoms with Crippen molar-refractivity contribution >= 4 is 11.4 Å². The summed E-state index contributed by atoms with van der Waals surface area (Å²) in [6, 6.07) is 16.1. The fourth-order valence-corrected chi connectivity index (χ4v) is 1.89. The van der Waals surface area contributed by atoms with Gasteiger partial charge in [-0.2, -0.15) is 5.10 Å². The lowest BCUT2D eigenvalue weighted by atomic mass is 10.1. The molecular weight excluding hydrogens is 248 g/mol. The summed E-state index contributed by atoms with van der Waals surface area (Å²) in [7, 11) is 1.66. The molecule has 1 N–H and O–H groups in total. The summed E-state index contributed by atoms with van der Waals surface area (Å²) in [6.45, 7) is 4.19. The van der Waals surface area contributed by atoms with Crippen LogP contribution in [0, 0.1) is 6.92 Å². The number of rotatable bonds is 5. The van der Waals surface area contributed by atoms with E-state index >= 15 is 0 Å². The molecule has 0 fully saturated rings. The highest BCUT2D eigenvalue weighted by Crippen LogP contribution is 2.15. The van der Waals surface area contributed by atoms with Gasteiger partial charge in [0.05, 0.1) is 18.5 Å². The molecule has 0 amide bonds. The number of hydrogen-bond acceptors (Lipinski definition) is 3. The van der Waals surface area contributed by atoms with E-state index in [0.717, 1.165) is 29.1 Å². The van der Waals surface area contributed by atoms with Gasteiger partial charge in [0.2, 0.25) is 0 Å². The molecule has 0 aliphatic carbocycles. The smallest absolute Gasteiger partial charge is 0.119 e. The Morgan fingerprint density at radius 2 is 1.70 bits per heavy atom. The highest BCUT2D eigenvalue weighted by atomic mass is 16.5.